The molecule has 1 saturated carbocycles. The van der Waals surface area contributed by atoms with Gasteiger partial charge < -0.3 is 16.2 Å². The lowest BCUT2D eigenvalue weighted by Gasteiger charge is -2.17. The smallest absolute Gasteiger partial charge is 0.136 e. The predicted octanol–water partition coefficient (Wildman–Crippen LogP) is 1.82. The van der Waals surface area contributed by atoms with Gasteiger partial charge in [-0.15, -0.1) is 0 Å². The number of nitrogens with zero attached hydrogens (tertiary/aromatic N) is 2. The fourth-order valence-corrected chi connectivity index (χ4v) is 1.92. The zero-order valence-corrected chi connectivity index (χ0v) is 11.1. The lowest BCUT2D eigenvalue weighted by molar-refractivity contribution is 0.282. The lowest BCUT2D eigenvalue weighted by atomic mass is 10.2. The van der Waals surface area contributed by atoms with E-state index in [1.807, 2.05) is 6.92 Å². The molecule has 1 atom stereocenters. The minimum atomic E-state index is 0.226. The van der Waals surface area contributed by atoms with Gasteiger partial charge in [0.25, 0.3) is 0 Å². The van der Waals surface area contributed by atoms with Gasteiger partial charge in [0.05, 0.1) is 0 Å². The highest BCUT2D eigenvalue weighted by Gasteiger charge is 2.28. The van der Waals surface area contributed by atoms with Crippen LogP contribution in [0, 0.1) is 6.92 Å². The van der Waals surface area contributed by atoms with E-state index in [9.17, 15) is 0 Å². The summed E-state index contributed by atoms with van der Waals surface area (Å²) in [6.07, 6.45) is 4.05. The van der Waals surface area contributed by atoms with Gasteiger partial charge in [-0.25, -0.2) is 9.97 Å². The van der Waals surface area contributed by atoms with E-state index in [4.69, 9.17) is 10.8 Å². The minimum Gasteiger partial charge on any atom is -0.396 e. The first-order chi connectivity index (χ1) is 8.61. The second kappa shape index (κ2) is 5.52. The number of aliphatic hydroxyl groups excluding tert-OH is 1. The number of nitrogens with two attached hydrogens (primary N) is 1. The van der Waals surface area contributed by atoms with E-state index >= 15 is 0 Å². The van der Waals surface area contributed by atoms with Crippen LogP contribution in [-0.4, -0.2) is 27.7 Å². The zero-order chi connectivity index (χ0) is 13.1. The van der Waals surface area contributed by atoms with E-state index in [1.54, 1.807) is 0 Å². The van der Waals surface area contributed by atoms with E-state index in [-0.39, 0.29) is 12.6 Å². The van der Waals surface area contributed by atoms with E-state index in [0.717, 1.165) is 30.0 Å². The summed E-state index contributed by atoms with van der Waals surface area (Å²) in [6.45, 7) is 4.25. The van der Waals surface area contributed by atoms with Gasteiger partial charge in [0.2, 0.25) is 0 Å². The Labute approximate surface area is 108 Å². The number of nitrogens with one attached hydrogen (secondary N) is 1. The Kier molecular flexibility index (Phi) is 4.01. The lowest BCUT2D eigenvalue weighted by Crippen LogP contribution is -2.19. The van der Waals surface area contributed by atoms with Crippen molar-refractivity contribution in [3.63, 3.8) is 0 Å². The molecule has 0 amide bonds. The van der Waals surface area contributed by atoms with Crippen molar-refractivity contribution < 1.29 is 5.11 Å². The van der Waals surface area contributed by atoms with Crippen LogP contribution in [0.15, 0.2) is 0 Å². The third kappa shape index (κ3) is 3.10. The van der Waals surface area contributed by atoms with E-state index in [1.165, 1.54) is 12.8 Å². The standard InChI is InChI=1S/C13H22N4O/c1-8(4-3-7-18)15-12-9(2)11(14)16-13(17-12)10-5-6-10/h8,10,18H,3-7H2,1-2H3,(H3,14,15,16,17). The van der Waals surface area contributed by atoms with Crippen LogP contribution in [0.4, 0.5) is 11.6 Å². The van der Waals surface area contributed by atoms with Crippen molar-refractivity contribution in [2.24, 2.45) is 0 Å². The number of aliphatic hydroxyl groups is 1. The van der Waals surface area contributed by atoms with Crippen molar-refractivity contribution in [1.82, 2.24) is 9.97 Å². The van der Waals surface area contributed by atoms with Gasteiger partial charge in [-0.2, -0.15) is 0 Å². The van der Waals surface area contributed by atoms with Crippen molar-refractivity contribution in [1.29, 1.82) is 0 Å². The molecule has 1 aliphatic rings. The summed E-state index contributed by atoms with van der Waals surface area (Å²) in [5.74, 6) is 2.79. The maximum Gasteiger partial charge on any atom is 0.136 e. The molecule has 1 fully saturated rings. The average molecular weight is 250 g/mol. The van der Waals surface area contributed by atoms with Crippen LogP contribution in [0.5, 0.6) is 0 Å². The molecule has 5 heteroatoms. The Bertz CT molecular complexity index is 418. The number of anilines is 2. The maximum atomic E-state index is 8.83. The van der Waals surface area contributed by atoms with Crippen LogP contribution in [0.1, 0.15) is 49.9 Å². The summed E-state index contributed by atoms with van der Waals surface area (Å²) >= 11 is 0. The molecule has 100 valence electrons. The van der Waals surface area contributed by atoms with Gasteiger partial charge in [-0.1, -0.05) is 0 Å². The number of aromatic nitrogens is 2. The first-order valence-electron chi connectivity index (χ1n) is 6.63. The summed E-state index contributed by atoms with van der Waals surface area (Å²) in [5.41, 5.74) is 6.84. The predicted molar refractivity (Wildman–Crippen MR) is 72.6 cm³/mol. The van der Waals surface area contributed by atoms with Gasteiger partial charge in [0.15, 0.2) is 0 Å². The van der Waals surface area contributed by atoms with Crippen LogP contribution in [-0.2, 0) is 0 Å². The van der Waals surface area contributed by atoms with Gasteiger partial charge in [0, 0.05) is 24.1 Å². The highest BCUT2D eigenvalue weighted by atomic mass is 16.2. The summed E-state index contributed by atoms with van der Waals surface area (Å²) in [5, 5.41) is 12.2. The van der Waals surface area contributed by atoms with Gasteiger partial charge >= 0.3 is 0 Å². The first-order valence-corrected chi connectivity index (χ1v) is 6.63. The summed E-state index contributed by atoms with van der Waals surface area (Å²) in [7, 11) is 0. The molecule has 1 aromatic rings. The second-order valence-corrected chi connectivity index (χ2v) is 5.13. The number of hydrogen-bond acceptors (Lipinski definition) is 5. The quantitative estimate of drug-likeness (QED) is 0.717. The van der Waals surface area contributed by atoms with Gasteiger partial charge in [0.1, 0.15) is 17.5 Å². The van der Waals surface area contributed by atoms with Crippen molar-refractivity contribution in [2.75, 3.05) is 17.7 Å². The third-order valence-electron chi connectivity index (χ3n) is 3.32. The Balaban J connectivity index is 2.10. The maximum absolute atomic E-state index is 8.83. The Morgan fingerprint density at radius 3 is 2.78 bits per heavy atom. The monoisotopic (exact) mass is 250 g/mol. The normalized spacial score (nSPS) is 16.6. The minimum absolute atomic E-state index is 0.226. The number of rotatable bonds is 6. The van der Waals surface area contributed by atoms with Crippen molar-refractivity contribution in [3.05, 3.63) is 11.4 Å². The molecular formula is C13H22N4O. The molecular weight excluding hydrogens is 228 g/mol. The Hall–Kier alpha value is -1.36. The molecule has 0 spiro atoms. The molecule has 0 aliphatic heterocycles. The molecule has 1 aromatic heterocycles. The summed E-state index contributed by atoms with van der Waals surface area (Å²) in [4.78, 5) is 8.93. The molecule has 0 bridgehead atoms. The molecule has 2 rings (SSSR count). The highest BCUT2D eigenvalue weighted by molar-refractivity contribution is 5.55. The van der Waals surface area contributed by atoms with Crippen molar-refractivity contribution in [3.8, 4) is 0 Å². The molecule has 1 aliphatic carbocycles. The van der Waals surface area contributed by atoms with E-state index < -0.39 is 0 Å². The van der Waals surface area contributed by atoms with Crippen LogP contribution in [0.2, 0.25) is 0 Å². The highest BCUT2D eigenvalue weighted by Crippen LogP contribution is 2.39. The summed E-state index contributed by atoms with van der Waals surface area (Å²) < 4.78 is 0. The molecule has 4 N–H and O–H groups in total. The van der Waals surface area contributed by atoms with Gasteiger partial charge in [-0.3, -0.25) is 0 Å². The first kappa shape index (κ1) is 13.1. The average Bonchev–Trinajstić information content (AvgIpc) is 3.16. The van der Waals surface area contributed by atoms with Crippen LogP contribution >= 0.6 is 0 Å². The topological polar surface area (TPSA) is 84.1 Å². The summed E-state index contributed by atoms with van der Waals surface area (Å²) in [6, 6.07) is 0.275. The van der Waals surface area contributed by atoms with E-state index in [0.29, 0.717) is 11.7 Å². The van der Waals surface area contributed by atoms with Crippen LogP contribution < -0.4 is 11.1 Å². The molecule has 1 heterocycles. The SMILES string of the molecule is Cc1c(N)nc(C2CC2)nc1NC(C)CCCO. The second-order valence-electron chi connectivity index (χ2n) is 5.13. The van der Waals surface area contributed by atoms with Gasteiger partial charge in [-0.05, 0) is 39.5 Å². The third-order valence-corrected chi connectivity index (χ3v) is 3.32. The molecule has 1 unspecified atom stereocenters. The van der Waals surface area contributed by atoms with Crippen LogP contribution in [0.25, 0.3) is 0 Å². The molecule has 0 aromatic carbocycles. The molecule has 0 saturated heterocycles. The molecule has 18 heavy (non-hydrogen) atoms. The number of hydrogen-bond donors (Lipinski definition) is 3. The number of nitrogen functional groups attached to an aromatic ring is 1. The molecule has 5 nitrogen and oxygen atoms in total. The zero-order valence-electron chi connectivity index (χ0n) is 11.1. The molecule has 0 radical (unpaired) electrons. The van der Waals surface area contributed by atoms with Crippen LogP contribution in [0.3, 0.4) is 0 Å². The van der Waals surface area contributed by atoms with Crippen molar-refractivity contribution >= 4 is 11.6 Å². The fraction of sp³-hybridized carbons (Fsp3) is 0.692. The van der Waals surface area contributed by atoms with Crippen molar-refractivity contribution in [2.45, 2.75) is 51.5 Å². The Morgan fingerprint density at radius 2 is 2.17 bits per heavy atom. The fourth-order valence-electron chi connectivity index (χ4n) is 1.92. The largest absolute Gasteiger partial charge is 0.396 e. The van der Waals surface area contributed by atoms with E-state index in [2.05, 4.69) is 22.2 Å². The Morgan fingerprint density at radius 1 is 1.44 bits per heavy atom.